The molecular formula is C18H21NO4. The van der Waals surface area contributed by atoms with Crippen LogP contribution in [0.15, 0.2) is 47.1 Å². The van der Waals surface area contributed by atoms with Gasteiger partial charge in [-0.2, -0.15) is 0 Å². The van der Waals surface area contributed by atoms with Crippen LogP contribution in [0.1, 0.15) is 35.4 Å². The van der Waals surface area contributed by atoms with Gasteiger partial charge in [-0.15, -0.1) is 0 Å². The van der Waals surface area contributed by atoms with Crippen molar-refractivity contribution in [3.63, 3.8) is 0 Å². The second-order valence-corrected chi connectivity index (χ2v) is 5.85. The first-order valence-electron chi connectivity index (χ1n) is 7.94. The summed E-state index contributed by atoms with van der Waals surface area (Å²) in [6.45, 7) is 0.745. The number of carbonyl (C=O) groups excluding carboxylic acids is 1. The normalized spacial score (nSPS) is 20.4. The van der Waals surface area contributed by atoms with E-state index in [2.05, 4.69) is 5.32 Å². The molecule has 2 atom stereocenters. The largest absolute Gasteiger partial charge is 0.489 e. The van der Waals surface area contributed by atoms with E-state index in [-0.39, 0.29) is 30.3 Å². The van der Waals surface area contributed by atoms with Crippen molar-refractivity contribution in [2.45, 2.75) is 32.0 Å². The van der Waals surface area contributed by atoms with Crippen LogP contribution in [-0.4, -0.2) is 23.7 Å². The number of hydrogen-bond acceptors (Lipinski definition) is 4. The molecular weight excluding hydrogens is 294 g/mol. The molecule has 1 fully saturated rings. The molecule has 0 bridgehead atoms. The molecule has 1 aliphatic carbocycles. The fourth-order valence-electron chi connectivity index (χ4n) is 2.89. The number of aliphatic hydroxyl groups excluding tert-OH is 1. The topological polar surface area (TPSA) is 71.7 Å². The number of benzene rings is 1. The zero-order valence-electron chi connectivity index (χ0n) is 12.9. The number of nitrogens with one attached hydrogen (secondary N) is 1. The van der Waals surface area contributed by atoms with Gasteiger partial charge in [-0.3, -0.25) is 4.79 Å². The summed E-state index contributed by atoms with van der Waals surface area (Å²) in [6.07, 6.45) is 3.95. The van der Waals surface area contributed by atoms with Crippen molar-refractivity contribution in [2.75, 3.05) is 6.54 Å². The summed E-state index contributed by atoms with van der Waals surface area (Å²) >= 11 is 0. The average molecular weight is 315 g/mol. The fourth-order valence-corrected chi connectivity index (χ4v) is 2.89. The first kappa shape index (κ1) is 15.6. The molecule has 1 aromatic heterocycles. The van der Waals surface area contributed by atoms with Gasteiger partial charge in [0, 0.05) is 18.0 Å². The highest BCUT2D eigenvalue weighted by Gasteiger charge is 2.26. The molecule has 1 heterocycles. The van der Waals surface area contributed by atoms with Crippen molar-refractivity contribution in [2.24, 2.45) is 5.92 Å². The molecule has 2 unspecified atom stereocenters. The third-order valence-corrected chi connectivity index (χ3v) is 4.23. The van der Waals surface area contributed by atoms with Crippen molar-refractivity contribution < 1.29 is 19.1 Å². The lowest BCUT2D eigenvalue weighted by molar-refractivity contribution is 0.0887. The van der Waals surface area contributed by atoms with Crippen LogP contribution in [0.3, 0.4) is 0 Å². The number of amides is 1. The van der Waals surface area contributed by atoms with E-state index in [4.69, 9.17) is 9.15 Å². The van der Waals surface area contributed by atoms with E-state index in [0.29, 0.717) is 12.1 Å². The van der Waals surface area contributed by atoms with Gasteiger partial charge in [-0.05, 0) is 31.0 Å². The minimum atomic E-state index is -0.312. The Bertz CT molecular complexity index is 637. The third-order valence-electron chi connectivity index (χ3n) is 4.23. The van der Waals surface area contributed by atoms with Crippen LogP contribution in [-0.2, 0) is 6.61 Å². The first-order chi connectivity index (χ1) is 11.2. The summed E-state index contributed by atoms with van der Waals surface area (Å²) in [4.78, 5) is 12.3. The number of furan rings is 1. The first-order valence-corrected chi connectivity index (χ1v) is 7.94. The Labute approximate surface area is 135 Å². The zero-order valence-corrected chi connectivity index (χ0v) is 12.9. The number of ether oxygens (including phenoxy) is 1. The van der Waals surface area contributed by atoms with Gasteiger partial charge in [0.2, 0.25) is 0 Å². The third kappa shape index (κ3) is 3.93. The second-order valence-electron chi connectivity index (χ2n) is 5.85. The Morgan fingerprint density at radius 1 is 1.26 bits per heavy atom. The lowest BCUT2D eigenvalue weighted by Gasteiger charge is -2.14. The van der Waals surface area contributed by atoms with Gasteiger partial charge in [0.15, 0.2) is 5.76 Å². The molecule has 0 spiro atoms. The molecule has 1 aliphatic rings. The maximum absolute atomic E-state index is 12.3. The van der Waals surface area contributed by atoms with Crippen molar-refractivity contribution >= 4 is 5.91 Å². The fraction of sp³-hybridized carbons (Fsp3) is 0.389. The molecule has 23 heavy (non-hydrogen) atoms. The summed E-state index contributed by atoms with van der Waals surface area (Å²) < 4.78 is 11.0. The molecule has 5 heteroatoms. The number of carbonyl (C=O) groups is 1. The van der Waals surface area contributed by atoms with Gasteiger partial charge < -0.3 is 19.6 Å². The molecule has 0 saturated heterocycles. The van der Waals surface area contributed by atoms with Crippen LogP contribution in [0.2, 0.25) is 0 Å². The number of hydrogen-bond donors (Lipinski definition) is 2. The Hall–Kier alpha value is -2.27. The maximum atomic E-state index is 12.3. The predicted molar refractivity (Wildman–Crippen MR) is 85.2 cm³/mol. The van der Waals surface area contributed by atoms with Crippen LogP contribution >= 0.6 is 0 Å². The van der Waals surface area contributed by atoms with Gasteiger partial charge >= 0.3 is 0 Å². The smallest absolute Gasteiger partial charge is 0.287 e. The van der Waals surface area contributed by atoms with Gasteiger partial charge in [-0.25, -0.2) is 0 Å². The van der Waals surface area contributed by atoms with E-state index < -0.39 is 0 Å². The van der Waals surface area contributed by atoms with Crippen molar-refractivity contribution in [3.8, 4) is 5.75 Å². The second kappa shape index (κ2) is 7.33. The highest BCUT2D eigenvalue weighted by Crippen LogP contribution is 2.25. The van der Waals surface area contributed by atoms with Crippen molar-refractivity contribution in [1.82, 2.24) is 5.32 Å². The molecule has 1 amide bonds. The summed E-state index contributed by atoms with van der Waals surface area (Å²) in [5, 5.41) is 12.7. The maximum Gasteiger partial charge on any atom is 0.287 e. The predicted octanol–water partition coefficient (Wildman–Crippen LogP) is 2.75. The monoisotopic (exact) mass is 315 g/mol. The molecule has 3 rings (SSSR count). The standard InChI is InChI=1S/C18H21NO4/c20-16-8-4-5-13(16)11-19-18(21)17-14(9-10-22-17)12-23-15-6-2-1-3-7-15/h1-3,6-7,9-10,13,16,20H,4-5,8,11-12H2,(H,19,21). The van der Waals surface area contributed by atoms with E-state index in [0.717, 1.165) is 25.0 Å². The Balaban J connectivity index is 1.55. The molecule has 1 saturated carbocycles. The highest BCUT2D eigenvalue weighted by atomic mass is 16.5. The number of aliphatic hydroxyl groups is 1. The van der Waals surface area contributed by atoms with E-state index in [1.54, 1.807) is 6.07 Å². The minimum Gasteiger partial charge on any atom is -0.489 e. The van der Waals surface area contributed by atoms with E-state index in [9.17, 15) is 9.90 Å². The Morgan fingerprint density at radius 2 is 2.09 bits per heavy atom. The molecule has 1 aromatic carbocycles. The average Bonchev–Trinajstić information content (AvgIpc) is 3.20. The van der Waals surface area contributed by atoms with Crippen LogP contribution in [0.4, 0.5) is 0 Å². The number of rotatable bonds is 6. The minimum absolute atomic E-state index is 0.137. The molecule has 0 aliphatic heterocycles. The van der Waals surface area contributed by atoms with Gasteiger partial charge in [0.05, 0.1) is 12.4 Å². The molecule has 0 radical (unpaired) electrons. The lowest BCUT2D eigenvalue weighted by atomic mass is 10.1. The van der Waals surface area contributed by atoms with Gasteiger partial charge in [-0.1, -0.05) is 24.6 Å². The van der Waals surface area contributed by atoms with Crippen LogP contribution in [0.25, 0.3) is 0 Å². The van der Waals surface area contributed by atoms with Crippen molar-refractivity contribution in [3.05, 3.63) is 54.0 Å². The quantitative estimate of drug-likeness (QED) is 0.860. The Kier molecular flexibility index (Phi) is 4.98. The van der Waals surface area contributed by atoms with Crippen LogP contribution < -0.4 is 10.1 Å². The van der Waals surface area contributed by atoms with E-state index in [1.807, 2.05) is 30.3 Å². The molecule has 122 valence electrons. The summed E-state index contributed by atoms with van der Waals surface area (Å²) in [6, 6.07) is 11.2. The summed E-state index contributed by atoms with van der Waals surface area (Å²) in [5.74, 6) is 0.890. The van der Waals surface area contributed by atoms with Crippen molar-refractivity contribution in [1.29, 1.82) is 0 Å². The number of para-hydroxylation sites is 1. The summed E-state index contributed by atoms with van der Waals surface area (Å²) in [5.41, 5.74) is 0.707. The molecule has 2 aromatic rings. The SMILES string of the molecule is O=C(NCC1CCCC1O)c1occc1COc1ccccc1. The van der Waals surface area contributed by atoms with Crippen LogP contribution in [0, 0.1) is 5.92 Å². The molecule has 5 nitrogen and oxygen atoms in total. The van der Waals surface area contributed by atoms with Gasteiger partial charge in [0.1, 0.15) is 12.4 Å². The summed E-state index contributed by atoms with van der Waals surface area (Å²) in [7, 11) is 0. The molecule has 2 N–H and O–H groups in total. The van der Waals surface area contributed by atoms with Gasteiger partial charge in [0.25, 0.3) is 5.91 Å². The zero-order chi connectivity index (χ0) is 16.1. The lowest BCUT2D eigenvalue weighted by Crippen LogP contribution is -2.32. The Morgan fingerprint density at radius 3 is 2.83 bits per heavy atom. The highest BCUT2D eigenvalue weighted by molar-refractivity contribution is 5.92. The van der Waals surface area contributed by atoms with Crippen LogP contribution in [0.5, 0.6) is 5.75 Å². The van der Waals surface area contributed by atoms with E-state index >= 15 is 0 Å². The van der Waals surface area contributed by atoms with E-state index in [1.165, 1.54) is 6.26 Å².